The van der Waals surface area contributed by atoms with Gasteiger partial charge in [0.15, 0.2) is 0 Å². The lowest BCUT2D eigenvalue weighted by molar-refractivity contribution is -0.451. The lowest BCUT2D eigenvalue weighted by Gasteiger charge is -2.07. The Morgan fingerprint density at radius 2 is 1.04 bits per heavy atom. The van der Waals surface area contributed by atoms with Crippen LogP contribution in [-0.4, -0.2) is 19.7 Å². The Hall–Kier alpha value is -3.67. The van der Waals surface area contributed by atoms with E-state index in [0.29, 0.717) is 0 Å². The van der Waals surface area contributed by atoms with E-state index < -0.39 is 53.0 Å². The van der Waals surface area contributed by atoms with Crippen LogP contribution in [-0.2, 0) is 0 Å². The minimum absolute atomic E-state index is 0.0414. The zero-order valence-corrected chi connectivity index (χ0v) is 12.6. The van der Waals surface area contributed by atoms with Gasteiger partial charge in [-0.15, -0.1) is 0 Å². The summed E-state index contributed by atoms with van der Waals surface area (Å²) in [5, 5.41) is 44.1. The fourth-order valence-electron chi connectivity index (χ4n) is 2.23. The molecular weight excluding hydrogens is 364 g/mol. The number of nitro benzene ring substituents is 4. The van der Waals surface area contributed by atoms with Crippen molar-refractivity contribution in [1.82, 2.24) is 0 Å². The van der Waals surface area contributed by atoms with E-state index in [1.165, 1.54) is 30.3 Å². The highest BCUT2D eigenvalue weighted by atomic mass is 35.5. The van der Waals surface area contributed by atoms with E-state index in [-0.39, 0.29) is 5.56 Å². The van der Waals surface area contributed by atoms with Crippen LogP contribution in [0.4, 0.5) is 22.7 Å². The van der Waals surface area contributed by atoms with Crippen LogP contribution in [0.25, 0.3) is 11.1 Å². The third kappa shape index (κ3) is 2.92. The van der Waals surface area contributed by atoms with Crippen molar-refractivity contribution in [3.05, 3.63) is 75.8 Å². The zero-order chi connectivity index (χ0) is 18.9. The molecule has 0 amide bonds. The van der Waals surface area contributed by atoms with Crippen molar-refractivity contribution in [3.63, 3.8) is 0 Å². The second-order valence-corrected chi connectivity index (χ2v) is 4.86. The van der Waals surface area contributed by atoms with Crippen LogP contribution in [0.3, 0.4) is 0 Å². The van der Waals surface area contributed by atoms with Crippen LogP contribution in [0.1, 0.15) is 0 Å². The van der Waals surface area contributed by atoms with E-state index in [1.807, 2.05) is 0 Å². The molecule has 2 aromatic rings. The summed E-state index contributed by atoms with van der Waals surface area (Å²) in [7, 11) is 0. The topological polar surface area (TPSA) is 173 Å². The smallest absolute Gasteiger partial charge is 0.258 e. The van der Waals surface area contributed by atoms with Gasteiger partial charge in [-0.05, 0) is 5.56 Å². The Balaban J connectivity index is 3.18. The maximum Gasteiger partial charge on any atom is 0.431 e. The van der Waals surface area contributed by atoms with Crippen molar-refractivity contribution in [3.8, 4) is 11.1 Å². The van der Waals surface area contributed by atoms with Gasteiger partial charge in [0.05, 0.1) is 25.3 Å². The van der Waals surface area contributed by atoms with Gasteiger partial charge in [0.2, 0.25) is 0 Å². The summed E-state index contributed by atoms with van der Waals surface area (Å²) >= 11 is 5.84. The lowest BCUT2D eigenvalue weighted by Crippen LogP contribution is -2.07. The van der Waals surface area contributed by atoms with Gasteiger partial charge < -0.3 is 0 Å². The number of nitrogens with zero attached hydrogens (tertiary/aromatic N) is 4. The highest BCUT2D eigenvalue weighted by Gasteiger charge is 2.49. The van der Waals surface area contributed by atoms with Crippen molar-refractivity contribution >= 4 is 34.4 Å². The van der Waals surface area contributed by atoms with E-state index in [2.05, 4.69) is 0 Å². The Morgan fingerprint density at radius 1 is 0.640 bits per heavy atom. The Labute approximate surface area is 141 Å². The van der Waals surface area contributed by atoms with Gasteiger partial charge in [-0.1, -0.05) is 41.9 Å². The molecule has 0 unspecified atom stereocenters. The Morgan fingerprint density at radius 3 is 1.44 bits per heavy atom. The molecule has 0 aromatic heterocycles. The molecule has 12 nitrogen and oxygen atoms in total. The third-order valence-electron chi connectivity index (χ3n) is 3.13. The summed E-state index contributed by atoms with van der Waals surface area (Å²) < 4.78 is 0. The Bertz CT molecular complexity index is 931. The first-order valence-corrected chi connectivity index (χ1v) is 6.58. The van der Waals surface area contributed by atoms with Crippen molar-refractivity contribution in [2.75, 3.05) is 0 Å². The average molecular weight is 369 g/mol. The molecular formula is C12H5ClN4O8. The summed E-state index contributed by atoms with van der Waals surface area (Å²) in [6, 6.07) is 6.89. The largest absolute Gasteiger partial charge is 0.431 e. The Kier molecular flexibility index (Phi) is 4.56. The summed E-state index contributed by atoms with van der Waals surface area (Å²) in [6.45, 7) is 0. The van der Waals surface area contributed by atoms with E-state index in [1.54, 1.807) is 0 Å². The van der Waals surface area contributed by atoms with E-state index >= 15 is 0 Å². The summed E-state index contributed by atoms with van der Waals surface area (Å²) in [6.07, 6.45) is 0. The van der Waals surface area contributed by atoms with Crippen LogP contribution in [0.15, 0.2) is 30.3 Å². The molecule has 0 saturated heterocycles. The molecule has 0 aliphatic heterocycles. The van der Waals surface area contributed by atoms with Gasteiger partial charge in [0.25, 0.3) is 0 Å². The number of benzene rings is 2. The second-order valence-electron chi connectivity index (χ2n) is 4.48. The predicted octanol–water partition coefficient (Wildman–Crippen LogP) is 3.64. The summed E-state index contributed by atoms with van der Waals surface area (Å²) in [4.78, 5) is 39.6. The quantitative estimate of drug-likeness (QED) is 0.567. The third-order valence-corrected chi connectivity index (χ3v) is 3.50. The fraction of sp³-hybridized carbons (Fsp3) is 0. The molecule has 128 valence electrons. The number of hydrogen-bond acceptors (Lipinski definition) is 8. The van der Waals surface area contributed by atoms with E-state index in [0.717, 1.165) is 0 Å². The highest BCUT2D eigenvalue weighted by Crippen LogP contribution is 2.53. The molecule has 0 aliphatic carbocycles. The predicted molar refractivity (Wildman–Crippen MR) is 83.5 cm³/mol. The van der Waals surface area contributed by atoms with Crippen LogP contribution < -0.4 is 0 Å². The number of hydrogen-bond donors (Lipinski definition) is 0. The highest BCUT2D eigenvalue weighted by molar-refractivity contribution is 6.37. The van der Waals surface area contributed by atoms with Crippen LogP contribution >= 0.6 is 11.6 Å². The van der Waals surface area contributed by atoms with E-state index in [4.69, 9.17) is 11.6 Å². The normalized spacial score (nSPS) is 10.3. The van der Waals surface area contributed by atoms with Gasteiger partial charge in [-0.25, -0.2) is 0 Å². The van der Waals surface area contributed by atoms with Gasteiger partial charge in [0, 0.05) is 0 Å². The average Bonchev–Trinajstić information content (AvgIpc) is 2.53. The molecule has 0 N–H and O–H groups in total. The monoisotopic (exact) mass is 368 g/mol. The molecule has 0 atom stereocenters. The van der Waals surface area contributed by atoms with Gasteiger partial charge in [-0.3, -0.25) is 40.5 Å². The molecule has 0 heterocycles. The maximum absolute atomic E-state index is 11.4. The number of halogens is 1. The fourth-order valence-corrected chi connectivity index (χ4v) is 2.58. The maximum atomic E-state index is 11.4. The molecule has 13 heteroatoms. The molecule has 0 aliphatic rings. The molecule has 0 fully saturated rings. The van der Waals surface area contributed by atoms with Crippen LogP contribution in [0.5, 0.6) is 0 Å². The SMILES string of the molecule is O=[N+]([O-])c1c(Cl)c(-c2ccccc2)c([N+](=O)[O-])c([N+](=O)[O-])c1[N+](=O)[O-]. The van der Waals surface area contributed by atoms with Gasteiger partial charge >= 0.3 is 22.7 Å². The molecule has 0 bridgehead atoms. The number of rotatable bonds is 5. The molecule has 0 radical (unpaired) electrons. The lowest BCUT2D eigenvalue weighted by atomic mass is 10.00. The van der Waals surface area contributed by atoms with Crippen LogP contribution in [0, 0.1) is 40.5 Å². The number of nitro groups is 4. The second kappa shape index (κ2) is 6.45. The molecule has 2 rings (SSSR count). The first-order chi connectivity index (χ1) is 11.7. The molecule has 0 spiro atoms. The standard InChI is InChI=1S/C12H5ClN4O8/c13-8-7(6-4-2-1-3-5-6)9(14(18)19)11(16(22)23)12(17(24)25)10(8)15(20)21/h1-5H. The van der Waals surface area contributed by atoms with Crippen molar-refractivity contribution in [2.24, 2.45) is 0 Å². The molecule has 2 aromatic carbocycles. The first kappa shape index (κ1) is 17.7. The van der Waals surface area contributed by atoms with Gasteiger partial charge in [-0.2, -0.15) is 0 Å². The van der Waals surface area contributed by atoms with Crippen molar-refractivity contribution in [2.45, 2.75) is 0 Å². The van der Waals surface area contributed by atoms with Crippen LogP contribution in [0.2, 0.25) is 5.02 Å². The van der Waals surface area contributed by atoms with Gasteiger partial charge in [0.1, 0.15) is 5.02 Å². The minimum Gasteiger partial charge on any atom is -0.258 e. The van der Waals surface area contributed by atoms with Crippen molar-refractivity contribution in [1.29, 1.82) is 0 Å². The molecule has 0 saturated carbocycles. The van der Waals surface area contributed by atoms with Crippen molar-refractivity contribution < 1.29 is 19.7 Å². The summed E-state index contributed by atoms with van der Waals surface area (Å²) in [5.74, 6) is 0. The first-order valence-electron chi connectivity index (χ1n) is 6.20. The zero-order valence-electron chi connectivity index (χ0n) is 11.8. The minimum atomic E-state index is -1.65. The van der Waals surface area contributed by atoms with E-state index in [9.17, 15) is 40.5 Å². The molecule has 25 heavy (non-hydrogen) atoms. The summed E-state index contributed by atoms with van der Waals surface area (Å²) in [5.41, 5.74) is -6.62.